The second kappa shape index (κ2) is 9.24. The van der Waals surface area contributed by atoms with E-state index in [1.165, 1.54) is 6.20 Å². The number of nitrogen functional groups attached to an aromatic ring is 1. The van der Waals surface area contributed by atoms with E-state index < -0.39 is 6.04 Å². The lowest BCUT2D eigenvalue weighted by Crippen LogP contribution is -2.26. The van der Waals surface area contributed by atoms with E-state index in [0.29, 0.717) is 16.8 Å². The van der Waals surface area contributed by atoms with E-state index in [2.05, 4.69) is 21.4 Å². The monoisotopic (exact) mass is 474 g/mol. The maximum Gasteiger partial charge on any atom is 0.263 e. The van der Waals surface area contributed by atoms with Gasteiger partial charge in [-0.1, -0.05) is 48.5 Å². The highest BCUT2D eigenvalue weighted by molar-refractivity contribution is 5.96. The largest absolute Gasteiger partial charge is 0.508 e. The summed E-state index contributed by atoms with van der Waals surface area (Å²) in [5.74, 6) is 0.455. The number of nitrogens with one attached hydrogen (secondary N) is 1. The zero-order valence-corrected chi connectivity index (χ0v) is 19.4. The predicted octanol–water partition coefficient (Wildman–Crippen LogP) is 4.78. The number of phenols is 1. The van der Waals surface area contributed by atoms with Crippen molar-refractivity contribution >= 4 is 22.5 Å². The molecule has 0 aliphatic carbocycles. The van der Waals surface area contributed by atoms with Crippen molar-refractivity contribution in [2.75, 3.05) is 11.1 Å². The second-order valence-electron chi connectivity index (χ2n) is 8.33. The summed E-state index contributed by atoms with van der Waals surface area (Å²) < 4.78 is 1.66. The summed E-state index contributed by atoms with van der Waals surface area (Å²) in [7, 11) is 0. The summed E-state index contributed by atoms with van der Waals surface area (Å²) in [6.45, 7) is 1.89. The van der Waals surface area contributed by atoms with Gasteiger partial charge >= 0.3 is 0 Å². The van der Waals surface area contributed by atoms with Crippen LogP contribution >= 0.6 is 0 Å². The third kappa shape index (κ3) is 4.10. The molecule has 0 unspecified atom stereocenters. The first-order valence-corrected chi connectivity index (χ1v) is 11.3. The summed E-state index contributed by atoms with van der Waals surface area (Å²) in [6.07, 6.45) is 1.36. The molecule has 8 heteroatoms. The summed E-state index contributed by atoms with van der Waals surface area (Å²) in [4.78, 5) is 22.2. The molecule has 0 amide bonds. The zero-order chi connectivity index (χ0) is 25.2. The molecule has 0 radical (unpaired) electrons. The van der Waals surface area contributed by atoms with Crippen LogP contribution in [0.4, 0.5) is 11.8 Å². The molecule has 176 valence electrons. The molecule has 2 aromatic heterocycles. The normalized spacial score (nSPS) is 11.7. The molecule has 5 rings (SSSR count). The Morgan fingerprint density at radius 3 is 2.58 bits per heavy atom. The number of pyridine rings is 1. The number of nitriles is 1. The smallest absolute Gasteiger partial charge is 0.263 e. The minimum atomic E-state index is -0.423. The van der Waals surface area contributed by atoms with E-state index in [1.54, 1.807) is 22.8 Å². The first kappa shape index (κ1) is 22.6. The fraction of sp³-hybridized carbons (Fsp3) is 0.0714. The van der Waals surface area contributed by atoms with Gasteiger partial charge < -0.3 is 16.2 Å². The van der Waals surface area contributed by atoms with Crippen molar-refractivity contribution in [3.8, 4) is 28.6 Å². The molecule has 0 bridgehead atoms. The average Bonchev–Trinajstić information content (AvgIpc) is 2.89. The van der Waals surface area contributed by atoms with E-state index >= 15 is 0 Å². The van der Waals surface area contributed by atoms with Crippen LogP contribution in [0.3, 0.4) is 0 Å². The molecule has 0 fully saturated rings. The number of phenolic OH excluding ortho intramolecular Hbond substituents is 1. The number of anilines is 2. The maximum absolute atomic E-state index is 14.1. The number of aromatic hydroxyl groups is 1. The van der Waals surface area contributed by atoms with Gasteiger partial charge in [-0.05, 0) is 53.8 Å². The van der Waals surface area contributed by atoms with E-state index in [1.807, 2.05) is 67.6 Å². The number of benzene rings is 3. The van der Waals surface area contributed by atoms with Crippen LogP contribution in [0, 0.1) is 11.3 Å². The van der Waals surface area contributed by atoms with Gasteiger partial charge in [0, 0.05) is 11.4 Å². The zero-order valence-electron chi connectivity index (χ0n) is 19.4. The Morgan fingerprint density at radius 2 is 1.83 bits per heavy atom. The third-order valence-corrected chi connectivity index (χ3v) is 5.97. The van der Waals surface area contributed by atoms with Crippen LogP contribution in [0.5, 0.6) is 5.75 Å². The molecule has 0 saturated heterocycles. The Morgan fingerprint density at radius 1 is 1.06 bits per heavy atom. The highest BCUT2D eigenvalue weighted by atomic mass is 16.3. The summed E-state index contributed by atoms with van der Waals surface area (Å²) in [5, 5.41) is 24.0. The lowest BCUT2D eigenvalue weighted by Gasteiger charge is -2.22. The molecule has 0 saturated carbocycles. The van der Waals surface area contributed by atoms with Gasteiger partial charge in [0.2, 0.25) is 5.95 Å². The summed E-state index contributed by atoms with van der Waals surface area (Å²) >= 11 is 0. The topological polar surface area (TPSA) is 130 Å². The average molecular weight is 475 g/mol. The Bertz CT molecular complexity index is 1690. The Balaban J connectivity index is 1.75. The third-order valence-electron chi connectivity index (χ3n) is 5.97. The van der Waals surface area contributed by atoms with Gasteiger partial charge in [-0.15, -0.1) is 0 Å². The molecule has 2 heterocycles. The number of hydrogen-bond donors (Lipinski definition) is 3. The molecule has 8 nitrogen and oxygen atoms in total. The molecule has 1 atom stereocenters. The number of fused-ring (bicyclic) bond motifs is 1. The molecule has 5 aromatic rings. The fourth-order valence-electron chi connectivity index (χ4n) is 4.32. The Hall–Kier alpha value is -5.16. The van der Waals surface area contributed by atoms with Crippen LogP contribution in [-0.2, 0) is 0 Å². The van der Waals surface area contributed by atoms with Crippen molar-refractivity contribution < 1.29 is 5.11 Å². The van der Waals surface area contributed by atoms with Crippen LogP contribution in [0.1, 0.15) is 24.2 Å². The van der Waals surface area contributed by atoms with Gasteiger partial charge in [-0.3, -0.25) is 9.36 Å². The molecule has 0 spiro atoms. The highest BCUT2D eigenvalue weighted by Crippen LogP contribution is 2.31. The van der Waals surface area contributed by atoms with Gasteiger partial charge in [-0.2, -0.15) is 10.2 Å². The molecule has 3 aromatic carbocycles. The van der Waals surface area contributed by atoms with Crippen molar-refractivity contribution in [2.24, 2.45) is 0 Å². The molecular weight excluding hydrogens is 452 g/mol. The molecule has 0 aliphatic rings. The van der Waals surface area contributed by atoms with E-state index in [-0.39, 0.29) is 28.6 Å². The van der Waals surface area contributed by atoms with Gasteiger partial charge in [0.1, 0.15) is 23.2 Å². The Labute approximate surface area is 206 Å². The minimum Gasteiger partial charge on any atom is -0.508 e. The van der Waals surface area contributed by atoms with Crippen LogP contribution in [0.15, 0.2) is 89.9 Å². The summed E-state index contributed by atoms with van der Waals surface area (Å²) in [5.41, 5.74) is 8.63. The SMILES string of the molecule is C[C@H](Nc1nc(N)ncc1C#N)c1cc2cccc(-c3cccc(O)c3)c2c(=O)n1-c1ccccc1. The van der Waals surface area contributed by atoms with E-state index in [4.69, 9.17) is 5.73 Å². The standard InChI is InChI=1S/C28H22N6O2/c1-17(32-26-20(15-29)16-31-28(30)33-26)24-14-19-8-6-12-23(18-7-5-11-22(35)13-18)25(19)27(36)34(24)21-9-3-2-4-10-21/h2-14,16-17,35H,1H3,(H3,30,31,32,33)/t17-/m0/s1. The van der Waals surface area contributed by atoms with Crippen LogP contribution < -0.4 is 16.6 Å². The van der Waals surface area contributed by atoms with Crippen molar-refractivity contribution in [1.82, 2.24) is 14.5 Å². The van der Waals surface area contributed by atoms with E-state index in [9.17, 15) is 15.2 Å². The number of hydrogen-bond acceptors (Lipinski definition) is 7. The minimum absolute atomic E-state index is 0.0402. The van der Waals surface area contributed by atoms with E-state index in [0.717, 1.165) is 16.5 Å². The molecular formula is C28H22N6O2. The predicted molar refractivity (Wildman–Crippen MR) is 140 cm³/mol. The Kier molecular flexibility index (Phi) is 5.80. The highest BCUT2D eigenvalue weighted by Gasteiger charge is 2.20. The van der Waals surface area contributed by atoms with Crippen LogP contribution in [0.2, 0.25) is 0 Å². The maximum atomic E-state index is 14.1. The number of para-hydroxylation sites is 1. The van der Waals surface area contributed by atoms with Crippen molar-refractivity contribution in [3.63, 3.8) is 0 Å². The quantitative estimate of drug-likeness (QED) is 0.334. The van der Waals surface area contributed by atoms with Crippen LogP contribution in [0.25, 0.3) is 27.6 Å². The van der Waals surface area contributed by atoms with Gasteiger partial charge in [0.25, 0.3) is 5.56 Å². The van der Waals surface area contributed by atoms with Gasteiger partial charge in [0.15, 0.2) is 0 Å². The lowest BCUT2D eigenvalue weighted by molar-refractivity contribution is 0.475. The number of aromatic nitrogens is 3. The lowest BCUT2D eigenvalue weighted by atomic mass is 9.97. The number of rotatable bonds is 5. The van der Waals surface area contributed by atoms with Crippen molar-refractivity contribution in [1.29, 1.82) is 5.26 Å². The second-order valence-corrected chi connectivity index (χ2v) is 8.33. The van der Waals surface area contributed by atoms with Crippen molar-refractivity contribution in [3.05, 3.63) is 107 Å². The fourth-order valence-corrected chi connectivity index (χ4v) is 4.32. The first-order valence-electron chi connectivity index (χ1n) is 11.3. The molecule has 36 heavy (non-hydrogen) atoms. The molecule has 0 aliphatic heterocycles. The van der Waals surface area contributed by atoms with Gasteiger partial charge in [-0.25, -0.2) is 4.98 Å². The first-order chi connectivity index (χ1) is 17.5. The van der Waals surface area contributed by atoms with Crippen LogP contribution in [-0.4, -0.2) is 19.6 Å². The van der Waals surface area contributed by atoms with Gasteiger partial charge in [0.05, 0.1) is 17.6 Å². The van der Waals surface area contributed by atoms with Crippen molar-refractivity contribution in [2.45, 2.75) is 13.0 Å². The molecule has 4 N–H and O–H groups in total. The summed E-state index contributed by atoms with van der Waals surface area (Å²) in [6, 6.07) is 25.4. The number of nitrogens with two attached hydrogens (primary N) is 1. The number of nitrogens with zero attached hydrogens (tertiary/aromatic N) is 4.